The van der Waals surface area contributed by atoms with E-state index in [9.17, 15) is 0 Å². The molecule has 86 valence electrons. The third-order valence-electron chi connectivity index (χ3n) is 1.95. The van der Waals surface area contributed by atoms with Gasteiger partial charge in [-0.05, 0) is 25.6 Å². The van der Waals surface area contributed by atoms with Gasteiger partial charge in [0.05, 0.1) is 6.61 Å². The second kappa shape index (κ2) is 7.82. The quantitative estimate of drug-likeness (QED) is 0.692. The molecule has 1 rings (SSSR count). The van der Waals surface area contributed by atoms with Crippen LogP contribution in [0.2, 0.25) is 0 Å². The summed E-state index contributed by atoms with van der Waals surface area (Å²) in [6.45, 7) is 3.20. The van der Waals surface area contributed by atoms with Crippen LogP contribution < -0.4 is 5.32 Å². The lowest BCUT2D eigenvalue weighted by atomic mass is 10.4. The van der Waals surface area contributed by atoms with Gasteiger partial charge in [0, 0.05) is 36.6 Å². The lowest BCUT2D eigenvalue weighted by Gasteiger charge is -2.01. The maximum absolute atomic E-state index is 5.52. The molecule has 15 heavy (non-hydrogen) atoms. The van der Waals surface area contributed by atoms with Gasteiger partial charge < -0.3 is 14.8 Å². The number of methoxy groups -OCH3 is 1. The molecule has 0 atom stereocenters. The minimum absolute atomic E-state index is 0.720. The fourth-order valence-electron chi connectivity index (χ4n) is 1.25. The summed E-state index contributed by atoms with van der Waals surface area (Å²) in [6, 6.07) is 4.28. The summed E-state index contributed by atoms with van der Waals surface area (Å²) < 4.78 is 10.5. The second-order valence-electron chi connectivity index (χ2n) is 3.30. The number of nitrogens with one attached hydrogen (secondary N) is 1. The summed E-state index contributed by atoms with van der Waals surface area (Å²) in [5.41, 5.74) is 0. The Hall–Kier alpha value is -0.420. The van der Waals surface area contributed by atoms with Crippen molar-refractivity contribution >= 4 is 11.3 Å². The summed E-state index contributed by atoms with van der Waals surface area (Å²) in [5.74, 6) is 0. The van der Waals surface area contributed by atoms with Crippen LogP contribution >= 0.6 is 11.3 Å². The van der Waals surface area contributed by atoms with Gasteiger partial charge in [-0.1, -0.05) is 0 Å². The highest BCUT2D eigenvalue weighted by Gasteiger charge is 1.99. The zero-order chi connectivity index (χ0) is 10.9. The average molecular weight is 229 g/mol. The third-order valence-corrected chi connectivity index (χ3v) is 3.01. The van der Waals surface area contributed by atoms with Crippen LogP contribution in [0.5, 0.6) is 0 Å². The number of hydrogen-bond acceptors (Lipinski definition) is 4. The minimum atomic E-state index is 0.720. The average Bonchev–Trinajstić information content (AvgIpc) is 2.66. The Morgan fingerprint density at radius 3 is 2.80 bits per heavy atom. The van der Waals surface area contributed by atoms with Crippen molar-refractivity contribution in [3.05, 3.63) is 21.9 Å². The van der Waals surface area contributed by atoms with Gasteiger partial charge in [-0.15, -0.1) is 11.3 Å². The maximum Gasteiger partial charge on any atom is 0.0809 e. The van der Waals surface area contributed by atoms with Crippen LogP contribution in [-0.4, -0.2) is 27.4 Å². The van der Waals surface area contributed by atoms with E-state index in [1.54, 1.807) is 18.4 Å². The molecule has 1 aromatic heterocycles. The summed E-state index contributed by atoms with van der Waals surface area (Å²) >= 11 is 1.80. The first-order chi connectivity index (χ1) is 7.36. The molecule has 0 bridgehead atoms. The van der Waals surface area contributed by atoms with Crippen molar-refractivity contribution < 1.29 is 9.47 Å². The fourth-order valence-corrected chi connectivity index (χ4v) is 2.21. The molecule has 1 aromatic rings. The van der Waals surface area contributed by atoms with E-state index in [1.807, 2.05) is 7.05 Å². The van der Waals surface area contributed by atoms with Gasteiger partial charge >= 0.3 is 0 Å². The van der Waals surface area contributed by atoms with Gasteiger partial charge in [0.15, 0.2) is 0 Å². The molecule has 0 saturated heterocycles. The van der Waals surface area contributed by atoms with Crippen LogP contribution in [0.3, 0.4) is 0 Å². The van der Waals surface area contributed by atoms with Gasteiger partial charge in [0.2, 0.25) is 0 Å². The summed E-state index contributed by atoms with van der Waals surface area (Å²) in [7, 11) is 3.67. The van der Waals surface area contributed by atoms with Crippen LogP contribution in [0, 0.1) is 0 Å². The van der Waals surface area contributed by atoms with E-state index < -0.39 is 0 Å². The Kier molecular flexibility index (Phi) is 6.59. The highest BCUT2D eigenvalue weighted by Crippen LogP contribution is 2.17. The molecule has 0 amide bonds. The predicted octanol–water partition coefficient (Wildman–Crippen LogP) is 2.02. The van der Waals surface area contributed by atoms with Gasteiger partial charge in [0.1, 0.15) is 0 Å². The van der Waals surface area contributed by atoms with Crippen LogP contribution in [0.25, 0.3) is 0 Å². The van der Waals surface area contributed by atoms with Crippen molar-refractivity contribution in [1.82, 2.24) is 5.32 Å². The van der Waals surface area contributed by atoms with Crippen LogP contribution in [0.15, 0.2) is 12.1 Å². The minimum Gasteiger partial charge on any atom is -0.385 e. The Balaban J connectivity index is 2.14. The molecule has 0 aliphatic heterocycles. The van der Waals surface area contributed by atoms with Crippen molar-refractivity contribution in [3.8, 4) is 0 Å². The molecule has 0 radical (unpaired) electrons. The highest BCUT2D eigenvalue weighted by molar-refractivity contribution is 7.11. The Morgan fingerprint density at radius 1 is 1.27 bits per heavy atom. The predicted molar refractivity (Wildman–Crippen MR) is 63.2 cm³/mol. The van der Waals surface area contributed by atoms with Crippen molar-refractivity contribution in [2.75, 3.05) is 27.4 Å². The molecule has 0 aromatic carbocycles. The van der Waals surface area contributed by atoms with E-state index >= 15 is 0 Å². The standard InChI is InChI=1S/C11H19NO2S/c1-12-8-10-4-5-11(15-10)9-14-7-3-6-13-2/h4-5,12H,3,6-9H2,1-2H3. The van der Waals surface area contributed by atoms with Crippen molar-refractivity contribution in [1.29, 1.82) is 0 Å². The second-order valence-corrected chi connectivity index (χ2v) is 4.55. The fraction of sp³-hybridized carbons (Fsp3) is 0.636. The highest BCUT2D eigenvalue weighted by atomic mass is 32.1. The molecule has 3 nitrogen and oxygen atoms in total. The summed E-state index contributed by atoms with van der Waals surface area (Å²) in [5, 5.41) is 3.13. The van der Waals surface area contributed by atoms with E-state index in [2.05, 4.69) is 17.4 Å². The SMILES string of the molecule is CNCc1ccc(COCCCOC)s1. The molecule has 0 spiro atoms. The first-order valence-corrected chi connectivity index (χ1v) is 5.97. The third kappa shape index (κ3) is 5.28. The number of thiophene rings is 1. The Morgan fingerprint density at radius 2 is 2.07 bits per heavy atom. The molecule has 0 saturated carbocycles. The zero-order valence-corrected chi connectivity index (χ0v) is 10.2. The molecule has 0 unspecified atom stereocenters. The van der Waals surface area contributed by atoms with Crippen LogP contribution in [0.4, 0.5) is 0 Å². The maximum atomic E-state index is 5.52. The summed E-state index contributed by atoms with van der Waals surface area (Å²) in [4.78, 5) is 2.64. The lowest BCUT2D eigenvalue weighted by Crippen LogP contribution is -2.02. The van der Waals surface area contributed by atoms with Crippen molar-refractivity contribution in [3.63, 3.8) is 0 Å². The molecular weight excluding hydrogens is 210 g/mol. The Labute approximate surface area is 95.4 Å². The number of rotatable bonds is 8. The first-order valence-electron chi connectivity index (χ1n) is 5.15. The molecular formula is C11H19NO2S. The van der Waals surface area contributed by atoms with Gasteiger partial charge in [-0.3, -0.25) is 0 Å². The Bertz CT molecular complexity index is 263. The molecule has 0 fully saturated rings. The van der Waals surface area contributed by atoms with E-state index in [4.69, 9.17) is 9.47 Å². The smallest absolute Gasteiger partial charge is 0.0809 e. The van der Waals surface area contributed by atoms with E-state index in [0.29, 0.717) is 0 Å². The zero-order valence-electron chi connectivity index (χ0n) is 9.41. The van der Waals surface area contributed by atoms with E-state index in [1.165, 1.54) is 9.75 Å². The van der Waals surface area contributed by atoms with Gasteiger partial charge in [-0.2, -0.15) is 0 Å². The lowest BCUT2D eigenvalue weighted by molar-refractivity contribution is 0.0943. The molecule has 1 heterocycles. The normalized spacial score (nSPS) is 10.8. The van der Waals surface area contributed by atoms with Crippen molar-refractivity contribution in [2.24, 2.45) is 0 Å². The number of hydrogen-bond donors (Lipinski definition) is 1. The topological polar surface area (TPSA) is 30.5 Å². The van der Waals surface area contributed by atoms with Gasteiger partial charge in [-0.25, -0.2) is 0 Å². The van der Waals surface area contributed by atoms with E-state index in [0.717, 1.165) is 32.8 Å². The van der Waals surface area contributed by atoms with Crippen LogP contribution in [-0.2, 0) is 22.6 Å². The largest absolute Gasteiger partial charge is 0.385 e. The van der Waals surface area contributed by atoms with E-state index in [-0.39, 0.29) is 0 Å². The molecule has 1 N–H and O–H groups in total. The van der Waals surface area contributed by atoms with Crippen LogP contribution in [0.1, 0.15) is 16.2 Å². The number of ether oxygens (including phenoxy) is 2. The molecule has 0 aliphatic carbocycles. The molecule has 0 aliphatic rings. The summed E-state index contributed by atoms with van der Waals surface area (Å²) in [6.07, 6.45) is 0.964. The molecule has 4 heteroatoms. The monoisotopic (exact) mass is 229 g/mol. The first kappa shape index (κ1) is 12.6. The van der Waals surface area contributed by atoms with Gasteiger partial charge in [0.25, 0.3) is 0 Å². The van der Waals surface area contributed by atoms with Crippen molar-refractivity contribution in [2.45, 2.75) is 19.6 Å².